The van der Waals surface area contributed by atoms with E-state index in [1.54, 1.807) is 7.05 Å². The van der Waals surface area contributed by atoms with Gasteiger partial charge in [-0.25, -0.2) is 4.98 Å². The average Bonchev–Trinajstić information content (AvgIpc) is 2.91. The van der Waals surface area contributed by atoms with Gasteiger partial charge in [-0.05, 0) is 51.0 Å². The summed E-state index contributed by atoms with van der Waals surface area (Å²) in [5, 5.41) is 6.03. The number of amides is 1. The molecule has 0 radical (unpaired) electrons. The summed E-state index contributed by atoms with van der Waals surface area (Å²) in [5.74, 6) is 2.51. The molecule has 0 unspecified atom stereocenters. The number of anilines is 1. The van der Waals surface area contributed by atoms with Crippen LogP contribution in [0.15, 0.2) is 22.6 Å². The largest absolute Gasteiger partial charge is 0.465 e. The Labute approximate surface area is 155 Å². The van der Waals surface area contributed by atoms with Gasteiger partial charge in [0.1, 0.15) is 17.3 Å². The van der Waals surface area contributed by atoms with E-state index in [1.807, 2.05) is 39.0 Å². The molecule has 6 nitrogen and oxygen atoms in total. The summed E-state index contributed by atoms with van der Waals surface area (Å²) in [6.45, 7) is 8.73. The third-order valence-corrected chi connectivity index (χ3v) is 4.63. The molecule has 0 saturated heterocycles. The van der Waals surface area contributed by atoms with Crippen LogP contribution in [0, 0.1) is 6.92 Å². The molecule has 0 saturated carbocycles. The summed E-state index contributed by atoms with van der Waals surface area (Å²) in [5.41, 5.74) is 2.87. The Morgan fingerprint density at radius 3 is 2.73 bits per heavy atom. The second kappa shape index (κ2) is 7.91. The Kier molecular flexibility index (Phi) is 5.61. The number of hydrogen-bond acceptors (Lipinski definition) is 5. The fourth-order valence-electron chi connectivity index (χ4n) is 3.32. The monoisotopic (exact) mass is 356 g/mol. The van der Waals surface area contributed by atoms with Gasteiger partial charge in [-0.1, -0.05) is 0 Å². The summed E-state index contributed by atoms with van der Waals surface area (Å²) < 4.78 is 5.71. The summed E-state index contributed by atoms with van der Waals surface area (Å²) >= 11 is 0. The number of aryl methyl sites for hydroxylation is 1. The van der Waals surface area contributed by atoms with Crippen LogP contribution < -0.4 is 10.6 Å². The van der Waals surface area contributed by atoms with Crippen molar-refractivity contribution >= 4 is 11.7 Å². The third-order valence-electron chi connectivity index (χ3n) is 4.63. The first-order chi connectivity index (χ1) is 12.5. The normalized spacial score (nSPS) is 14.8. The number of furan rings is 1. The molecular weight excluding hydrogens is 328 g/mol. The number of aromatic nitrogens is 1. The van der Waals surface area contributed by atoms with Gasteiger partial charge in [-0.2, -0.15) is 0 Å². The lowest BCUT2D eigenvalue weighted by molar-refractivity contribution is 0.0963. The highest BCUT2D eigenvalue weighted by Gasteiger charge is 2.21. The lowest BCUT2D eigenvalue weighted by atomic mass is 10.0. The first-order valence-electron chi connectivity index (χ1n) is 9.25. The molecule has 0 fully saturated rings. The lowest BCUT2D eigenvalue weighted by Gasteiger charge is -2.17. The van der Waals surface area contributed by atoms with Crippen molar-refractivity contribution in [3.8, 4) is 0 Å². The molecule has 0 aliphatic carbocycles. The van der Waals surface area contributed by atoms with E-state index in [9.17, 15) is 4.79 Å². The Hall–Kier alpha value is -2.34. The van der Waals surface area contributed by atoms with Gasteiger partial charge in [-0.15, -0.1) is 0 Å². The molecule has 0 spiro atoms. The van der Waals surface area contributed by atoms with Crippen LogP contribution in [0.4, 0.5) is 5.82 Å². The maximum Gasteiger partial charge on any atom is 0.254 e. The zero-order valence-electron chi connectivity index (χ0n) is 16.1. The Balaban J connectivity index is 1.81. The van der Waals surface area contributed by atoms with Crippen LogP contribution in [0.25, 0.3) is 0 Å². The van der Waals surface area contributed by atoms with Crippen molar-refractivity contribution in [2.45, 2.75) is 46.2 Å². The number of nitrogens with zero attached hydrogens (tertiary/aromatic N) is 2. The Morgan fingerprint density at radius 1 is 1.31 bits per heavy atom. The fourth-order valence-corrected chi connectivity index (χ4v) is 3.32. The fraction of sp³-hybridized carbons (Fsp3) is 0.500. The molecule has 1 aliphatic rings. The van der Waals surface area contributed by atoms with Crippen LogP contribution in [-0.2, 0) is 19.4 Å². The minimum Gasteiger partial charge on any atom is -0.465 e. The number of nitrogens with one attached hydrogen (secondary N) is 2. The maximum absolute atomic E-state index is 12.3. The topological polar surface area (TPSA) is 70.4 Å². The zero-order chi connectivity index (χ0) is 18.7. The van der Waals surface area contributed by atoms with E-state index >= 15 is 0 Å². The molecule has 3 heterocycles. The molecule has 2 aromatic rings. The van der Waals surface area contributed by atoms with Gasteiger partial charge < -0.3 is 15.1 Å². The summed E-state index contributed by atoms with van der Waals surface area (Å²) in [6.07, 6.45) is 1.75. The highest BCUT2D eigenvalue weighted by Crippen LogP contribution is 2.23. The number of hydrogen-bond donors (Lipinski definition) is 2. The van der Waals surface area contributed by atoms with Crippen LogP contribution in [-0.4, -0.2) is 42.0 Å². The molecule has 1 amide bonds. The number of rotatable bonds is 5. The third kappa shape index (κ3) is 4.25. The first-order valence-corrected chi connectivity index (χ1v) is 9.25. The van der Waals surface area contributed by atoms with Crippen molar-refractivity contribution in [1.29, 1.82) is 0 Å². The van der Waals surface area contributed by atoms with E-state index in [2.05, 4.69) is 15.5 Å². The standard InChI is InChI=1S/C20H28N4O2/c1-13(2)22-19-17(20(25)21-4)11-15-7-9-24(10-8-18(15)23-19)12-16-6-5-14(3)26-16/h5-6,11,13H,7-10,12H2,1-4H3,(H,21,25)(H,22,23). The number of pyridine rings is 1. The predicted octanol–water partition coefficient (Wildman–Crippen LogP) is 2.76. The molecule has 0 bridgehead atoms. The summed E-state index contributed by atoms with van der Waals surface area (Å²) in [7, 11) is 1.65. The minimum absolute atomic E-state index is 0.101. The smallest absolute Gasteiger partial charge is 0.254 e. The molecule has 2 aromatic heterocycles. The first kappa shape index (κ1) is 18.5. The SMILES string of the molecule is CNC(=O)c1cc2c(nc1NC(C)C)CCN(Cc1ccc(C)o1)CC2. The van der Waals surface area contributed by atoms with Crippen LogP contribution >= 0.6 is 0 Å². The molecule has 140 valence electrons. The number of carbonyl (C=O) groups is 1. The maximum atomic E-state index is 12.3. The molecule has 26 heavy (non-hydrogen) atoms. The van der Waals surface area contributed by atoms with Crippen LogP contribution in [0.2, 0.25) is 0 Å². The van der Waals surface area contributed by atoms with Gasteiger partial charge in [0, 0.05) is 38.3 Å². The molecular formula is C20H28N4O2. The minimum atomic E-state index is -0.101. The van der Waals surface area contributed by atoms with E-state index in [-0.39, 0.29) is 11.9 Å². The second-order valence-electron chi connectivity index (χ2n) is 7.16. The quantitative estimate of drug-likeness (QED) is 0.862. The number of fused-ring (bicyclic) bond motifs is 1. The van der Waals surface area contributed by atoms with Crippen LogP contribution in [0.3, 0.4) is 0 Å². The summed E-state index contributed by atoms with van der Waals surface area (Å²) in [4.78, 5) is 19.5. The molecule has 0 aromatic carbocycles. The highest BCUT2D eigenvalue weighted by atomic mass is 16.3. The van der Waals surface area contributed by atoms with Crippen LogP contribution in [0.1, 0.15) is 47.0 Å². The van der Waals surface area contributed by atoms with Crippen molar-refractivity contribution < 1.29 is 9.21 Å². The van der Waals surface area contributed by atoms with E-state index in [1.165, 1.54) is 0 Å². The predicted molar refractivity (Wildman–Crippen MR) is 103 cm³/mol. The van der Waals surface area contributed by atoms with Gasteiger partial charge in [0.25, 0.3) is 5.91 Å². The second-order valence-corrected chi connectivity index (χ2v) is 7.16. The van der Waals surface area contributed by atoms with Gasteiger partial charge in [0.05, 0.1) is 12.1 Å². The van der Waals surface area contributed by atoms with Crippen molar-refractivity contribution in [2.75, 3.05) is 25.5 Å². The van der Waals surface area contributed by atoms with Crippen molar-refractivity contribution in [3.05, 3.63) is 46.5 Å². The van der Waals surface area contributed by atoms with Gasteiger partial charge in [-0.3, -0.25) is 9.69 Å². The summed E-state index contributed by atoms with van der Waals surface area (Å²) in [6, 6.07) is 6.27. The van der Waals surface area contributed by atoms with E-state index in [4.69, 9.17) is 9.40 Å². The molecule has 6 heteroatoms. The van der Waals surface area contributed by atoms with Crippen molar-refractivity contribution in [1.82, 2.24) is 15.2 Å². The molecule has 3 rings (SSSR count). The average molecular weight is 356 g/mol. The number of carbonyl (C=O) groups excluding carboxylic acids is 1. The van der Waals surface area contributed by atoms with Gasteiger partial charge in [0.15, 0.2) is 0 Å². The van der Waals surface area contributed by atoms with Crippen molar-refractivity contribution in [3.63, 3.8) is 0 Å². The van der Waals surface area contributed by atoms with Gasteiger partial charge >= 0.3 is 0 Å². The Bertz CT molecular complexity index is 782. The lowest BCUT2D eigenvalue weighted by Crippen LogP contribution is -2.25. The van der Waals surface area contributed by atoms with Crippen molar-refractivity contribution in [2.24, 2.45) is 0 Å². The Morgan fingerprint density at radius 2 is 2.08 bits per heavy atom. The van der Waals surface area contributed by atoms with E-state index in [0.717, 1.165) is 55.3 Å². The molecule has 1 aliphatic heterocycles. The van der Waals surface area contributed by atoms with Crippen LogP contribution in [0.5, 0.6) is 0 Å². The van der Waals surface area contributed by atoms with E-state index < -0.39 is 0 Å². The van der Waals surface area contributed by atoms with Gasteiger partial charge in [0.2, 0.25) is 0 Å². The highest BCUT2D eigenvalue weighted by molar-refractivity contribution is 5.98. The molecule has 2 N–H and O–H groups in total. The molecule has 0 atom stereocenters. The zero-order valence-corrected chi connectivity index (χ0v) is 16.1. The van der Waals surface area contributed by atoms with E-state index in [0.29, 0.717) is 11.4 Å².